The molecule has 0 unspecified atom stereocenters. The Labute approximate surface area is 78.6 Å². The van der Waals surface area contributed by atoms with Gasteiger partial charge < -0.3 is 4.42 Å². The molecule has 0 atom stereocenters. The van der Waals surface area contributed by atoms with Crippen LogP contribution in [0.3, 0.4) is 0 Å². The lowest BCUT2D eigenvalue weighted by atomic mass is 10.1. The minimum Gasteiger partial charge on any atom is -0.428 e. The molecule has 1 aromatic rings. The average Bonchev–Trinajstić information content (AvgIpc) is 2.12. The van der Waals surface area contributed by atoms with Crippen molar-refractivity contribution in [1.82, 2.24) is 0 Å². The summed E-state index contributed by atoms with van der Waals surface area (Å²) in [5.74, 6) is 0.809. The second-order valence-electron chi connectivity index (χ2n) is 3.33. The Bertz CT molecular complexity index is 312. The van der Waals surface area contributed by atoms with Gasteiger partial charge in [0.25, 0.3) is 0 Å². The number of rotatable bonds is 4. The highest BCUT2D eigenvalue weighted by atomic mass is 16.4. The summed E-state index contributed by atoms with van der Waals surface area (Å²) >= 11 is 0. The first kappa shape index (κ1) is 10.0. The van der Waals surface area contributed by atoms with Gasteiger partial charge in [0.1, 0.15) is 5.76 Å². The van der Waals surface area contributed by atoms with E-state index in [-0.39, 0.29) is 5.63 Å². The summed E-state index contributed by atoms with van der Waals surface area (Å²) in [6.45, 7) is 3.92. The SMILES string of the molecule is CCCCCc1ccc(C)c(=O)o1. The normalized spacial score (nSPS) is 10.3. The van der Waals surface area contributed by atoms with Gasteiger partial charge in [-0.05, 0) is 25.5 Å². The Kier molecular flexibility index (Phi) is 3.74. The van der Waals surface area contributed by atoms with E-state index < -0.39 is 0 Å². The van der Waals surface area contributed by atoms with Crippen molar-refractivity contribution in [2.24, 2.45) is 0 Å². The number of hydrogen-bond donors (Lipinski definition) is 0. The van der Waals surface area contributed by atoms with E-state index in [4.69, 9.17) is 4.42 Å². The zero-order valence-electron chi connectivity index (χ0n) is 8.30. The van der Waals surface area contributed by atoms with Crippen molar-refractivity contribution in [3.8, 4) is 0 Å². The van der Waals surface area contributed by atoms with Crippen LogP contribution in [0.5, 0.6) is 0 Å². The summed E-state index contributed by atoms with van der Waals surface area (Å²) in [6, 6.07) is 3.72. The van der Waals surface area contributed by atoms with Gasteiger partial charge in [0.2, 0.25) is 0 Å². The van der Waals surface area contributed by atoms with Crippen molar-refractivity contribution in [2.45, 2.75) is 39.5 Å². The predicted molar refractivity (Wildman–Crippen MR) is 52.9 cm³/mol. The predicted octanol–water partition coefficient (Wildman–Crippen LogP) is 2.68. The van der Waals surface area contributed by atoms with Crippen LogP contribution in [0.25, 0.3) is 0 Å². The molecule has 0 aliphatic carbocycles. The molecule has 0 saturated carbocycles. The molecule has 0 amide bonds. The molecule has 1 heterocycles. The molecule has 0 aliphatic heterocycles. The van der Waals surface area contributed by atoms with E-state index >= 15 is 0 Å². The van der Waals surface area contributed by atoms with Gasteiger partial charge in [-0.1, -0.05) is 19.8 Å². The van der Waals surface area contributed by atoms with E-state index in [1.54, 1.807) is 6.92 Å². The molecule has 0 radical (unpaired) electrons. The molecule has 0 aliphatic rings. The maximum Gasteiger partial charge on any atom is 0.338 e. The van der Waals surface area contributed by atoms with Gasteiger partial charge in [-0.25, -0.2) is 4.79 Å². The average molecular weight is 180 g/mol. The molecular weight excluding hydrogens is 164 g/mol. The lowest BCUT2D eigenvalue weighted by Crippen LogP contribution is -2.04. The van der Waals surface area contributed by atoms with Crippen LogP contribution in [0.15, 0.2) is 21.3 Å². The third kappa shape index (κ3) is 3.05. The van der Waals surface area contributed by atoms with E-state index in [2.05, 4.69) is 6.92 Å². The molecule has 0 saturated heterocycles. The number of unbranched alkanes of at least 4 members (excludes halogenated alkanes) is 2. The highest BCUT2D eigenvalue weighted by Gasteiger charge is 1.98. The van der Waals surface area contributed by atoms with Crippen molar-refractivity contribution in [2.75, 3.05) is 0 Å². The van der Waals surface area contributed by atoms with Crippen molar-refractivity contribution in [3.05, 3.63) is 33.9 Å². The van der Waals surface area contributed by atoms with Crippen LogP contribution in [-0.4, -0.2) is 0 Å². The summed E-state index contributed by atoms with van der Waals surface area (Å²) in [5.41, 5.74) is 0.480. The first-order valence-electron chi connectivity index (χ1n) is 4.83. The summed E-state index contributed by atoms with van der Waals surface area (Å²) in [4.78, 5) is 11.1. The van der Waals surface area contributed by atoms with Crippen LogP contribution >= 0.6 is 0 Å². The Morgan fingerprint density at radius 1 is 1.31 bits per heavy atom. The molecule has 2 nitrogen and oxygen atoms in total. The Morgan fingerprint density at radius 2 is 2.08 bits per heavy atom. The largest absolute Gasteiger partial charge is 0.428 e. The molecule has 1 rings (SSSR count). The van der Waals surface area contributed by atoms with Gasteiger partial charge in [0.05, 0.1) is 0 Å². The van der Waals surface area contributed by atoms with Crippen LogP contribution in [-0.2, 0) is 6.42 Å². The highest BCUT2D eigenvalue weighted by Crippen LogP contribution is 2.04. The fourth-order valence-corrected chi connectivity index (χ4v) is 1.20. The van der Waals surface area contributed by atoms with Gasteiger partial charge in [0.15, 0.2) is 0 Å². The van der Waals surface area contributed by atoms with Crippen LogP contribution in [0.1, 0.15) is 37.5 Å². The van der Waals surface area contributed by atoms with E-state index in [9.17, 15) is 4.79 Å². The van der Waals surface area contributed by atoms with Gasteiger partial charge in [-0.3, -0.25) is 0 Å². The Morgan fingerprint density at radius 3 is 2.69 bits per heavy atom. The third-order valence-electron chi connectivity index (χ3n) is 2.09. The molecule has 0 bridgehead atoms. The van der Waals surface area contributed by atoms with Crippen molar-refractivity contribution in [1.29, 1.82) is 0 Å². The molecule has 0 aromatic carbocycles. The zero-order valence-corrected chi connectivity index (χ0v) is 8.30. The van der Waals surface area contributed by atoms with Crippen LogP contribution in [0.4, 0.5) is 0 Å². The second kappa shape index (κ2) is 4.85. The molecule has 2 heteroatoms. The quantitative estimate of drug-likeness (QED) is 0.667. The van der Waals surface area contributed by atoms with Crippen molar-refractivity contribution >= 4 is 0 Å². The van der Waals surface area contributed by atoms with E-state index in [1.165, 1.54) is 12.8 Å². The van der Waals surface area contributed by atoms with Crippen LogP contribution in [0, 0.1) is 6.92 Å². The summed E-state index contributed by atoms with van der Waals surface area (Å²) in [7, 11) is 0. The van der Waals surface area contributed by atoms with Gasteiger partial charge in [-0.2, -0.15) is 0 Å². The highest BCUT2D eigenvalue weighted by molar-refractivity contribution is 5.08. The van der Waals surface area contributed by atoms with Gasteiger partial charge >= 0.3 is 5.63 Å². The molecule has 72 valence electrons. The topological polar surface area (TPSA) is 30.2 Å². The first-order chi connectivity index (χ1) is 6.24. The first-order valence-corrected chi connectivity index (χ1v) is 4.83. The second-order valence-corrected chi connectivity index (χ2v) is 3.33. The van der Waals surface area contributed by atoms with Crippen molar-refractivity contribution < 1.29 is 4.42 Å². The third-order valence-corrected chi connectivity index (χ3v) is 2.09. The summed E-state index contributed by atoms with van der Waals surface area (Å²) in [5, 5.41) is 0. The van der Waals surface area contributed by atoms with Gasteiger partial charge in [-0.15, -0.1) is 0 Å². The minimum absolute atomic E-state index is 0.200. The van der Waals surface area contributed by atoms with Gasteiger partial charge in [0, 0.05) is 12.0 Å². The maximum atomic E-state index is 11.1. The Balaban J connectivity index is 2.58. The minimum atomic E-state index is -0.200. The van der Waals surface area contributed by atoms with Crippen LogP contribution in [0.2, 0.25) is 0 Å². The summed E-state index contributed by atoms with van der Waals surface area (Å²) < 4.78 is 5.10. The smallest absolute Gasteiger partial charge is 0.338 e. The monoisotopic (exact) mass is 180 g/mol. The van der Waals surface area contributed by atoms with E-state index in [0.717, 1.165) is 18.6 Å². The Hall–Kier alpha value is -1.05. The fourth-order valence-electron chi connectivity index (χ4n) is 1.20. The van der Waals surface area contributed by atoms with E-state index in [1.807, 2.05) is 12.1 Å². The van der Waals surface area contributed by atoms with E-state index in [0.29, 0.717) is 5.56 Å². The summed E-state index contributed by atoms with van der Waals surface area (Å²) in [6.07, 6.45) is 4.36. The standard InChI is InChI=1S/C11H16O2/c1-3-4-5-6-10-8-7-9(2)11(12)13-10/h7-8H,3-6H2,1-2H3. The lowest BCUT2D eigenvalue weighted by Gasteiger charge is -1.98. The number of hydrogen-bond acceptors (Lipinski definition) is 2. The fraction of sp³-hybridized carbons (Fsp3) is 0.545. The molecule has 0 spiro atoms. The number of aryl methyl sites for hydroxylation is 2. The maximum absolute atomic E-state index is 11.1. The molecule has 1 aromatic heterocycles. The lowest BCUT2D eigenvalue weighted by molar-refractivity contribution is 0.447. The molecule has 0 fully saturated rings. The van der Waals surface area contributed by atoms with Crippen LogP contribution < -0.4 is 5.63 Å². The zero-order chi connectivity index (χ0) is 9.68. The molecule has 13 heavy (non-hydrogen) atoms. The molecular formula is C11H16O2. The molecule has 0 N–H and O–H groups in total. The van der Waals surface area contributed by atoms with Crippen molar-refractivity contribution in [3.63, 3.8) is 0 Å².